The summed E-state index contributed by atoms with van der Waals surface area (Å²) in [7, 11) is 0. The largest absolute Gasteiger partial charge is 0.270 e. The van der Waals surface area contributed by atoms with E-state index < -0.39 is 5.92 Å². The molecule has 0 saturated heterocycles. The monoisotopic (exact) mass is 182 g/mol. The van der Waals surface area contributed by atoms with E-state index in [4.69, 9.17) is 0 Å². The van der Waals surface area contributed by atoms with E-state index in [0.717, 1.165) is 12.5 Å². The molecule has 0 nitrogen and oxygen atoms in total. The molecule has 0 amide bonds. The average molecular weight is 182 g/mol. The van der Waals surface area contributed by atoms with E-state index in [9.17, 15) is 8.78 Å². The standard InChI is InChI=1S/C11H12F2/c1-8-5-4-6-10(7-8)9(2)11(3,12)13/h4-7H,2H2,1,3H3. The maximum atomic E-state index is 12.8. The fourth-order valence-electron chi connectivity index (χ4n) is 1.09. The Morgan fingerprint density at radius 3 is 2.46 bits per heavy atom. The molecule has 0 aliphatic heterocycles. The van der Waals surface area contributed by atoms with Crippen LogP contribution in [-0.2, 0) is 0 Å². The van der Waals surface area contributed by atoms with Crippen LogP contribution in [0.25, 0.3) is 5.57 Å². The molecule has 0 N–H and O–H groups in total. The van der Waals surface area contributed by atoms with Gasteiger partial charge in [0.05, 0.1) is 0 Å². The van der Waals surface area contributed by atoms with Crippen LogP contribution in [0, 0.1) is 6.92 Å². The highest BCUT2D eigenvalue weighted by molar-refractivity contribution is 5.68. The summed E-state index contributed by atoms with van der Waals surface area (Å²) < 4.78 is 25.7. The number of rotatable bonds is 2. The van der Waals surface area contributed by atoms with Crippen molar-refractivity contribution >= 4 is 5.57 Å². The first-order chi connectivity index (χ1) is 5.91. The first-order valence-corrected chi connectivity index (χ1v) is 4.05. The number of halogens is 2. The van der Waals surface area contributed by atoms with Gasteiger partial charge in [0.1, 0.15) is 0 Å². The maximum Gasteiger partial charge on any atom is 0.270 e. The molecule has 0 aliphatic carbocycles. The molecule has 2 heteroatoms. The fourth-order valence-corrected chi connectivity index (χ4v) is 1.09. The van der Waals surface area contributed by atoms with Gasteiger partial charge in [-0.2, -0.15) is 0 Å². The summed E-state index contributed by atoms with van der Waals surface area (Å²) >= 11 is 0. The minimum Gasteiger partial charge on any atom is -0.202 e. The highest BCUT2D eigenvalue weighted by Gasteiger charge is 2.26. The van der Waals surface area contributed by atoms with Gasteiger partial charge >= 0.3 is 0 Å². The molecular formula is C11H12F2. The van der Waals surface area contributed by atoms with Gasteiger partial charge in [0, 0.05) is 12.5 Å². The average Bonchev–Trinajstić information content (AvgIpc) is 2.01. The van der Waals surface area contributed by atoms with E-state index in [1.807, 2.05) is 13.0 Å². The van der Waals surface area contributed by atoms with Crippen molar-refractivity contribution in [3.05, 3.63) is 42.0 Å². The van der Waals surface area contributed by atoms with Gasteiger partial charge in [-0.1, -0.05) is 36.4 Å². The highest BCUT2D eigenvalue weighted by Crippen LogP contribution is 2.30. The summed E-state index contributed by atoms with van der Waals surface area (Å²) in [6.07, 6.45) is 0. The SMILES string of the molecule is C=C(c1cccc(C)c1)C(C)(F)F. The maximum absolute atomic E-state index is 12.8. The lowest BCUT2D eigenvalue weighted by Crippen LogP contribution is -2.11. The third-order valence-corrected chi connectivity index (χ3v) is 1.90. The van der Waals surface area contributed by atoms with Crippen molar-refractivity contribution in [3.63, 3.8) is 0 Å². The zero-order chi connectivity index (χ0) is 10.1. The van der Waals surface area contributed by atoms with Crippen molar-refractivity contribution in [2.75, 3.05) is 0 Å². The van der Waals surface area contributed by atoms with Crippen molar-refractivity contribution in [1.29, 1.82) is 0 Å². The molecular weight excluding hydrogens is 170 g/mol. The van der Waals surface area contributed by atoms with Crippen LogP contribution in [0.4, 0.5) is 8.78 Å². The summed E-state index contributed by atoms with van der Waals surface area (Å²) in [5, 5.41) is 0. The molecule has 1 aromatic rings. The molecule has 0 heterocycles. The molecule has 0 radical (unpaired) electrons. The van der Waals surface area contributed by atoms with Gasteiger partial charge in [0.25, 0.3) is 5.92 Å². The van der Waals surface area contributed by atoms with E-state index in [0.29, 0.717) is 5.56 Å². The van der Waals surface area contributed by atoms with Crippen LogP contribution in [0.1, 0.15) is 18.1 Å². The highest BCUT2D eigenvalue weighted by atomic mass is 19.3. The lowest BCUT2D eigenvalue weighted by Gasteiger charge is -2.13. The van der Waals surface area contributed by atoms with E-state index >= 15 is 0 Å². The molecule has 13 heavy (non-hydrogen) atoms. The molecule has 0 saturated carbocycles. The second-order valence-electron chi connectivity index (χ2n) is 3.24. The molecule has 0 aliphatic rings. The zero-order valence-electron chi connectivity index (χ0n) is 7.77. The second kappa shape index (κ2) is 3.29. The van der Waals surface area contributed by atoms with Crippen LogP contribution in [0.2, 0.25) is 0 Å². The van der Waals surface area contributed by atoms with E-state index in [1.165, 1.54) is 0 Å². The van der Waals surface area contributed by atoms with Gasteiger partial charge in [-0.15, -0.1) is 0 Å². The first kappa shape index (κ1) is 9.90. The van der Waals surface area contributed by atoms with Crippen LogP contribution in [0.3, 0.4) is 0 Å². The Kier molecular flexibility index (Phi) is 2.50. The second-order valence-corrected chi connectivity index (χ2v) is 3.24. The van der Waals surface area contributed by atoms with Gasteiger partial charge in [-0.05, 0) is 12.5 Å². The topological polar surface area (TPSA) is 0 Å². The Balaban J connectivity index is 3.03. The summed E-state index contributed by atoms with van der Waals surface area (Å²) in [4.78, 5) is 0. The number of allylic oxidation sites excluding steroid dienone is 1. The minimum atomic E-state index is -2.84. The Morgan fingerprint density at radius 2 is 2.00 bits per heavy atom. The predicted molar refractivity (Wildman–Crippen MR) is 50.8 cm³/mol. The van der Waals surface area contributed by atoms with E-state index in [1.54, 1.807) is 18.2 Å². The predicted octanol–water partition coefficient (Wildman–Crippen LogP) is 3.66. The molecule has 0 spiro atoms. The first-order valence-electron chi connectivity index (χ1n) is 4.05. The third kappa shape index (κ3) is 2.38. The Bertz CT molecular complexity index is 321. The van der Waals surface area contributed by atoms with Crippen LogP contribution in [-0.4, -0.2) is 5.92 Å². The Labute approximate surface area is 76.9 Å². The van der Waals surface area contributed by atoms with Crippen LogP contribution in [0.5, 0.6) is 0 Å². The molecule has 0 unspecified atom stereocenters. The van der Waals surface area contributed by atoms with E-state index in [2.05, 4.69) is 6.58 Å². The molecule has 0 aromatic heterocycles. The van der Waals surface area contributed by atoms with Crippen molar-refractivity contribution in [1.82, 2.24) is 0 Å². The number of hydrogen-bond acceptors (Lipinski definition) is 0. The van der Waals surface area contributed by atoms with E-state index in [-0.39, 0.29) is 5.57 Å². The fraction of sp³-hybridized carbons (Fsp3) is 0.273. The van der Waals surface area contributed by atoms with Crippen molar-refractivity contribution in [2.24, 2.45) is 0 Å². The van der Waals surface area contributed by atoms with Gasteiger partial charge in [0.15, 0.2) is 0 Å². The van der Waals surface area contributed by atoms with Gasteiger partial charge in [0.2, 0.25) is 0 Å². The van der Waals surface area contributed by atoms with Crippen molar-refractivity contribution < 1.29 is 8.78 Å². The van der Waals surface area contributed by atoms with Crippen LogP contribution in [0.15, 0.2) is 30.8 Å². The summed E-state index contributed by atoms with van der Waals surface area (Å²) in [5.74, 6) is -2.84. The summed E-state index contributed by atoms with van der Waals surface area (Å²) in [5.41, 5.74) is 1.34. The zero-order valence-corrected chi connectivity index (χ0v) is 7.77. The van der Waals surface area contributed by atoms with Crippen LogP contribution >= 0.6 is 0 Å². The van der Waals surface area contributed by atoms with Crippen LogP contribution < -0.4 is 0 Å². The third-order valence-electron chi connectivity index (χ3n) is 1.90. The summed E-state index contributed by atoms with van der Waals surface area (Å²) in [6, 6.07) is 6.97. The van der Waals surface area contributed by atoms with Gasteiger partial charge in [-0.3, -0.25) is 0 Å². The molecule has 0 fully saturated rings. The number of hydrogen-bond donors (Lipinski definition) is 0. The molecule has 1 aromatic carbocycles. The minimum absolute atomic E-state index is 0.129. The smallest absolute Gasteiger partial charge is 0.202 e. The number of aryl methyl sites for hydroxylation is 1. The molecule has 1 rings (SSSR count). The summed E-state index contributed by atoms with van der Waals surface area (Å²) in [6.45, 7) is 6.11. The molecule has 70 valence electrons. The lowest BCUT2D eigenvalue weighted by atomic mass is 10.0. The number of benzene rings is 1. The van der Waals surface area contributed by atoms with Crippen molar-refractivity contribution in [3.8, 4) is 0 Å². The lowest BCUT2D eigenvalue weighted by molar-refractivity contribution is 0.0896. The normalized spacial score (nSPS) is 11.4. The Hall–Kier alpha value is -1.18. The number of alkyl halides is 2. The van der Waals surface area contributed by atoms with Gasteiger partial charge < -0.3 is 0 Å². The molecule has 0 bridgehead atoms. The molecule has 0 atom stereocenters. The Morgan fingerprint density at radius 1 is 1.38 bits per heavy atom. The quantitative estimate of drug-likeness (QED) is 0.654. The van der Waals surface area contributed by atoms with Gasteiger partial charge in [-0.25, -0.2) is 8.78 Å². The van der Waals surface area contributed by atoms with Crippen molar-refractivity contribution in [2.45, 2.75) is 19.8 Å².